The van der Waals surface area contributed by atoms with E-state index in [0.717, 1.165) is 5.92 Å². The van der Waals surface area contributed by atoms with Crippen LogP contribution in [0.2, 0.25) is 0 Å². The molecule has 6 bridgehead atoms. The van der Waals surface area contributed by atoms with Crippen molar-refractivity contribution in [3.05, 3.63) is 71.8 Å². The maximum Gasteiger partial charge on any atom is 0.0751 e. The van der Waals surface area contributed by atoms with E-state index in [1.165, 1.54) is 17.5 Å². The molecule has 0 saturated heterocycles. The zero-order chi connectivity index (χ0) is 14.5. The summed E-state index contributed by atoms with van der Waals surface area (Å²) in [6.45, 7) is 0. The molecule has 0 aromatic heterocycles. The van der Waals surface area contributed by atoms with Crippen LogP contribution in [-0.4, -0.2) is 10.7 Å². The third-order valence-electron chi connectivity index (χ3n) is 7.44. The fourth-order valence-electron chi connectivity index (χ4n) is 7.02. The lowest BCUT2D eigenvalue weighted by Crippen LogP contribution is -2.31. The molecule has 110 valence electrons. The third kappa shape index (κ3) is 1.12. The molecule has 5 saturated carbocycles. The molecule has 8 unspecified atom stereocenters. The van der Waals surface area contributed by atoms with Gasteiger partial charge < -0.3 is 5.11 Å². The Morgan fingerprint density at radius 3 is 1.95 bits per heavy atom. The second kappa shape index (κ2) is 3.65. The lowest BCUT2D eigenvalue weighted by atomic mass is 9.71. The number of aliphatic hydroxyl groups is 1. The first-order valence-corrected chi connectivity index (χ1v) is 8.64. The molecule has 7 rings (SSSR count). The van der Waals surface area contributed by atoms with Crippen LogP contribution < -0.4 is 0 Å². The molecular formula is C21H20O. The Hall–Kier alpha value is -1.60. The summed E-state index contributed by atoms with van der Waals surface area (Å²) in [5.74, 6) is 4.31. The van der Waals surface area contributed by atoms with Crippen LogP contribution in [0.1, 0.15) is 29.4 Å². The molecule has 0 aliphatic heterocycles. The summed E-state index contributed by atoms with van der Waals surface area (Å²) in [5, 5.41) is 11.2. The van der Waals surface area contributed by atoms with Crippen molar-refractivity contribution in [1.82, 2.24) is 0 Å². The van der Waals surface area contributed by atoms with Gasteiger partial charge in [0.1, 0.15) is 0 Å². The fourth-order valence-corrected chi connectivity index (χ4v) is 7.02. The molecule has 2 aromatic rings. The van der Waals surface area contributed by atoms with E-state index in [1.807, 2.05) is 0 Å². The van der Waals surface area contributed by atoms with E-state index in [1.54, 1.807) is 0 Å². The average Bonchev–Trinajstić information content (AvgIpc) is 2.96. The monoisotopic (exact) mass is 288 g/mol. The molecule has 0 spiro atoms. The molecule has 5 aliphatic carbocycles. The minimum atomic E-state index is -0.304. The van der Waals surface area contributed by atoms with E-state index in [4.69, 9.17) is 0 Å². The predicted molar refractivity (Wildman–Crippen MR) is 85.4 cm³/mol. The van der Waals surface area contributed by atoms with Gasteiger partial charge in [-0.15, -0.1) is 0 Å². The van der Waals surface area contributed by atoms with Gasteiger partial charge in [-0.05, 0) is 59.0 Å². The van der Waals surface area contributed by atoms with E-state index in [-0.39, 0.29) is 5.60 Å². The first-order valence-electron chi connectivity index (χ1n) is 8.64. The zero-order valence-corrected chi connectivity index (χ0v) is 12.5. The normalized spacial score (nSPS) is 49.6. The molecular weight excluding hydrogens is 268 g/mol. The molecule has 1 N–H and O–H groups in total. The van der Waals surface area contributed by atoms with Crippen LogP contribution in [0.15, 0.2) is 60.7 Å². The second-order valence-electron chi connectivity index (χ2n) is 7.90. The Kier molecular flexibility index (Phi) is 1.98. The lowest BCUT2D eigenvalue weighted by Gasteiger charge is -2.34. The first kappa shape index (κ1) is 11.9. The summed E-state index contributed by atoms with van der Waals surface area (Å²) in [4.78, 5) is 0. The minimum absolute atomic E-state index is 0.304. The number of hydrogen-bond donors (Lipinski definition) is 1. The maximum absolute atomic E-state index is 11.2. The second-order valence-corrected chi connectivity index (χ2v) is 7.90. The molecule has 1 heteroatoms. The topological polar surface area (TPSA) is 20.2 Å². The van der Waals surface area contributed by atoms with Crippen molar-refractivity contribution in [3.63, 3.8) is 0 Å². The Labute approximate surface area is 131 Å². The molecule has 2 aromatic carbocycles. The fraction of sp³-hybridized carbons (Fsp3) is 0.429. The number of rotatable bonds is 2. The Morgan fingerprint density at radius 2 is 1.36 bits per heavy atom. The molecule has 8 atom stereocenters. The molecule has 22 heavy (non-hydrogen) atoms. The highest BCUT2D eigenvalue weighted by Crippen LogP contribution is 2.87. The predicted octanol–water partition coefficient (Wildman–Crippen LogP) is 3.81. The van der Waals surface area contributed by atoms with Gasteiger partial charge in [0.05, 0.1) is 5.60 Å². The van der Waals surface area contributed by atoms with Crippen molar-refractivity contribution in [2.75, 3.05) is 0 Å². The van der Waals surface area contributed by atoms with Crippen LogP contribution in [0.3, 0.4) is 0 Å². The number of hydrogen-bond acceptors (Lipinski definition) is 1. The van der Waals surface area contributed by atoms with Crippen molar-refractivity contribution in [3.8, 4) is 0 Å². The summed E-state index contributed by atoms with van der Waals surface area (Å²) < 4.78 is 0. The highest BCUT2D eigenvalue weighted by molar-refractivity contribution is 5.46. The summed E-state index contributed by atoms with van der Waals surface area (Å²) in [5.41, 5.74) is 2.62. The van der Waals surface area contributed by atoms with Gasteiger partial charge in [0.15, 0.2) is 0 Å². The largest absolute Gasteiger partial charge is 0.389 e. The van der Waals surface area contributed by atoms with Gasteiger partial charge in [-0.1, -0.05) is 60.7 Å². The Morgan fingerprint density at radius 1 is 0.773 bits per heavy atom. The van der Waals surface area contributed by atoms with Crippen LogP contribution >= 0.6 is 0 Å². The van der Waals surface area contributed by atoms with Crippen molar-refractivity contribution in [1.29, 1.82) is 0 Å². The Bertz CT molecular complexity index is 739. The SMILES string of the molecule is OC12C3CC4C(C(c5ccccc5)C(c5ccccc5)C41)C32. The molecule has 5 fully saturated rings. The summed E-state index contributed by atoms with van der Waals surface area (Å²) in [6.07, 6.45) is 1.28. The summed E-state index contributed by atoms with van der Waals surface area (Å²) in [6, 6.07) is 22.0. The molecule has 0 radical (unpaired) electrons. The first-order chi connectivity index (χ1) is 10.8. The highest BCUT2D eigenvalue weighted by atomic mass is 16.3. The standard InChI is InChI=1S/C21H20O/c22-21-15-11-14-18(20(15)21)16(12-7-3-1-4-8-12)17(19(14)21)13-9-5-2-6-10-13/h1-10,14-20,22H,11H2. The van der Waals surface area contributed by atoms with Gasteiger partial charge >= 0.3 is 0 Å². The summed E-state index contributed by atoms with van der Waals surface area (Å²) >= 11 is 0. The van der Waals surface area contributed by atoms with Crippen molar-refractivity contribution >= 4 is 0 Å². The van der Waals surface area contributed by atoms with Gasteiger partial charge in [0, 0.05) is 0 Å². The van der Waals surface area contributed by atoms with Crippen LogP contribution in [0.25, 0.3) is 0 Å². The van der Waals surface area contributed by atoms with E-state index in [0.29, 0.717) is 35.5 Å². The average molecular weight is 288 g/mol. The maximum atomic E-state index is 11.2. The van der Waals surface area contributed by atoms with Gasteiger partial charge in [-0.25, -0.2) is 0 Å². The van der Waals surface area contributed by atoms with Crippen LogP contribution in [-0.2, 0) is 0 Å². The third-order valence-corrected chi connectivity index (χ3v) is 7.44. The van der Waals surface area contributed by atoms with E-state index in [2.05, 4.69) is 60.7 Å². The smallest absolute Gasteiger partial charge is 0.0751 e. The molecule has 0 heterocycles. The highest BCUT2D eigenvalue weighted by Gasteiger charge is 2.88. The van der Waals surface area contributed by atoms with E-state index < -0.39 is 0 Å². The summed E-state index contributed by atoms with van der Waals surface area (Å²) in [7, 11) is 0. The van der Waals surface area contributed by atoms with Crippen molar-refractivity contribution in [2.24, 2.45) is 29.6 Å². The molecule has 5 aliphatic rings. The zero-order valence-electron chi connectivity index (χ0n) is 12.5. The van der Waals surface area contributed by atoms with Gasteiger partial charge in [0.2, 0.25) is 0 Å². The Balaban J connectivity index is 1.54. The van der Waals surface area contributed by atoms with Crippen molar-refractivity contribution < 1.29 is 5.11 Å². The van der Waals surface area contributed by atoms with Gasteiger partial charge in [-0.2, -0.15) is 0 Å². The lowest BCUT2D eigenvalue weighted by molar-refractivity contribution is 0.0613. The van der Waals surface area contributed by atoms with Gasteiger partial charge in [0.25, 0.3) is 0 Å². The van der Waals surface area contributed by atoms with E-state index >= 15 is 0 Å². The van der Waals surface area contributed by atoms with Crippen LogP contribution in [0.4, 0.5) is 0 Å². The minimum Gasteiger partial charge on any atom is -0.389 e. The van der Waals surface area contributed by atoms with E-state index in [9.17, 15) is 5.11 Å². The van der Waals surface area contributed by atoms with Crippen LogP contribution in [0.5, 0.6) is 0 Å². The van der Waals surface area contributed by atoms with Gasteiger partial charge in [-0.3, -0.25) is 0 Å². The number of benzene rings is 2. The molecule has 1 nitrogen and oxygen atoms in total. The quantitative estimate of drug-likeness (QED) is 0.891. The van der Waals surface area contributed by atoms with Crippen LogP contribution in [0, 0.1) is 29.6 Å². The van der Waals surface area contributed by atoms with Crippen molar-refractivity contribution in [2.45, 2.75) is 23.9 Å². The molecule has 0 amide bonds.